The average Bonchev–Trinajstić information content (AvgIpc) is 3.28. The maximum atomic E-state index is 14.3. The van der Waals surface area contributed by atoms with E-state index in [2.05, 4.69) is 20.7 Å². The van der Waals surface area contributed by atoms with Crippen molar-refractivity contribution in [3.63, 3.8) is 0 Å². The predicted molar refractivity (Wildman–Crippen MR) is 130 cm³/mol. The van der Waals surface area contributed by atoms with Gasteiger partial charge < -0.3 is 21.5 Å². The first-order chi connectivity index (χ1) is 16.9. The standard InChI is InChI=1S/C24H20ClFN6O3/c25-17-7-6-14(22-18(26)8-9-20(27)29-22)12-16(17)23(34)30-21-13-19(24(35)28-10-11-33)31-32(21)15-4-2-1-3-5-15/h1-9,12-13,33H,10-11H2,(H2,27,29)(H,28,35)(H,30,34). The summed E-state index contributed by atoms with van der Waals surface area (Å²) in [6.45, 7) is -0.179. The third-order valence-corrected chi connectivity index (χ3v) is 5.26. The van der Waals surface area contributed by atoms with Crippen molar-refractivity contribution >= 4 is 35.1 Å². The van der Waals surface area contributed by atoms with E-state index in [1.165, 1.54) is 41.1 Å². The summed E-state index contributed by atoms with van der Waals surface area (Å²) in [4.78, 5) is 29.6. The molecule has 0 radical (unpaired) electrons. The van der Waals surface area contributed by atoms with Gasteiger partial charge in [0.2, 0.25) is 0 Å². The fourth-order valence-corrected chi connectivity index (χ4v) is 3.50. The van der Waals surface area contributed by atoms with Crippen molar-refractivity contribution in [1.29, 1.82) is 0 Å². The number of carbonyl (C=O) groups excluding carboxylic acids is 2. The van der Waals surface area contributed by atoms with Gasteiger partial charge in [0.05, 0.1) is 22.9 Å². The zero-order valence-corrected chi connectivity index (χ0v) is 19.0. The first-order valence-corrected chi connectivity index (χ1v) is 10.8. The molecule has 35 heavy (non-hydrogen) atoms. The van der Waals surface area contributed by atoms with Crippen molar-refractivity contribution < 1.29 is 19.1 Å². The van der Waals surface area contributed by atoms with E-state index in [9.17, 15) is 14.0 Å². The number of aliphatic hydroxyl groups is 1. The highest BCUT2D eigenvalue weighted by Crippen LogP contribution is 2.28. The normalized spacial score (nSPS) is 10.7. The van der Waals surface area contributed by atoms with Gasteiger partial charge in [-0.3, -0.25) is 9.59 Å². The Kier molecular flexibility index (Phi) is 7.04. The topological polar surface area (TPSA) is 135 Å². The Morgan fingerprint density at radius 2 is 1.83 bits per heavy atom. The van der Waals surface area contributed by atoms with E-state index in [1.54, 1.807) is 24.3 Å². The third-order valence-electron chi connectivity index (χ3n) is 4.93. The largest absolute Gasteiger partial charge is 0.395 e. The van der Waals surface area contributed by atoms with Crippen molar-refractivity contribution in [2.24, 2.45) is 0 Å². The molecule has 11 heteroatoms. The van der Waals surface area contributed by atoms with E-state index in [0.717, 1.165) is 0 Å². The van der Waals surface area contributed by atoms with Gasteiger partial charge in [-0.1, -0.05) is 35.9 Å². The molecule has 0 aliphatic heterocycles. The number of aromatic nitrogens is 3. The molecule has 2 amide bonds. The molecule has 2 heterocycles. The number of hydrogen-bond acceptors (Lipinski definition) is 6. The highest BCUT2D eigenvalue weighted by atomic mass is 35.5. The molecule has 2 aromatic carbocycles. The highest BCUT2D eigenvalue weighted by Gasteiger charge is 2.20. The minimum Gasteiger partial charge on any atom is -0.395 e. The second-order valence-electron chi connectivity index (χ2n) is 7.36. The number of nitrogens with zero attached hydrogens (tertiary/aromatic N) is 3. The lowest BCUT2D eigenvalue weighted by Crippen LogP contribution is -2.26. The van der Waals surface area contributed by atoms with E-state index >= 15 is 0 Å². The molecule has 0 bridgehead atoms. The molecule has 2 aromatic heterocycles. The van der Waals surface area contributed by atoms with E-state index in [4.69, 9.17) is 22.4 Å². The Bertz CT molecular complexity index is 1390. The van der Waals surface area contributed by atoms with Gasteiger partial charge in [-0.05, 0) is 36.4 Å². The van der Waals surface area contributed by atoms with Crippen LogP contribution in [0.15, 0.2) is 66.7 Å². The van der Waals surface area contributed by atoms with Gasteiger partial charge >= 0.3 is 0 Å². The van der Waals surface area contributed by atoms with Crippen molar-refractivity contribution in [2.45, 2.75) is 0 Å². The molecule has 4 aromatic rings. The molecule has 9 nitrogen and oxygen atoms in total. The Morgan fingerprint density at radius 3 is 2.57 bits per heavy atom. The zero-order valence-electron chi connectivity index (χ0n) is 18.2. The van der Waals surface area contributed by atoms with Gasteiger partial charge in [0.15, 0.2) is 5.69 Å². The molecular weight excluding hydrogens is 475 g/mol. The molecule has 0 fully saturated rings. The minimum absolute atomic E-state index is 0.0205. The van der Waals surface area contributed by atoms with Crippen LogP contribution in [-0.4, -0.2) is 44.8 Å². The Hall–Kier alpha value is -4.28. The van der Waals surface area contributed by atoms with Crippen LogP contribution in [0.4, 0.5) is 16.0 Å². The number of nitrogen functional groups attached to an aromatic ring is 1. The Morgan fingerprint density at radius 1 is 1.06 bits per heavy atom. The van der Waals surface area contributed by atoms with Crippen LogP contribution in [0.5, 0.6) is 0 Å². The van der Waals surface area contributed by atoms with Gasteiger partial charge in [-0.15, -0.1) is 0 Å². The lowest BCUT2D eigenvalue weighted by atomic mass is 10.1. The fraction of sp³-hybridized carbons (Fsp3) is 0.0833. The maximum Gasteiger partial charge on any atom is 0.271 e. The van der Waals surface area contributed by atoms with E-state index in [-0.39, 0.29) is 46.8 Å². The molecule has 0 saturated heterocycles. The summed E-state index contributed by atoms with van der Waals surface area (Å²) in [5.41, 5.74) is 6.65. The van der Waals surface area contributed by atoms with Crippen molar-refractivity contribution in [3.8, 4) is 16.9 Å². The van der Waals surface area contributed by atoms with Crippen molar-refractivity contribution in [3.05, 3.63) is 88.8 Å². The summed E-state index contributed by atoms with van der Waals surface area (Å²) in [5.74, 6) is -1.41. The number of aliphatic hydroxyl groups excluding tert-OH is 1. The number of halogens is 2. The number of para-hydroxylation sites is 1. The van der Waals surface area contributed by atoms with Crippen LogP contribution >= 0.6 is 11.6 Å². The van der Waals surface area contributed by atoms with Crippen LogP contribution in [0.1, 0.15) is 20.8 Å². The molecule has 0 spiro atoms. The molecular formula is C24H20ClFN6O3. The summed E-state index contributed by atoms with van der Waals surface area (Å²) in [6.07, 6.45) is 0. The quantitative estimate of drug-likeness (QED) is 0.311. The Balaban J connectivity index is 1.70. The first kappa shape index (κ1) is 23.9. The first-order valence-electron chi connectivity index (χ1n) is 10.4. The van der Waals surface area contributed by atoms with Gasteiger partial charge in [0.1, 0.15) is 23.1 Å². The van der Waals surface area contributed by atoms with Gasteiger partial charge in [-0.25, -0.2) is 14.1 Å². The number of carbonyl (C=O) groups is 2. The second-order valence-corrected chi connectivity index (χ2v) is 7.76. The number of pyridine rings is 1. The van der Waals surface area contributed by atoms with Crippen LogP contribution in [0, 0.1) is 5.82 Å². The third kappa shape index (κ3) is 5.29. The number of anilines is 2. The van der Waals surface area contributed by atoms with Gasteiger partial charge in [0.25, 0.3) is 11.8 Å². The number of rotatable bonds is 7. The summed E-state index contributed by atoms with van der Waals surface area (Å²) < 4.78 is 15.7. The molecule has 178 valence electrons. The smallest absolute Gasteiger partial charge is 0.271 e. The molecule has 4 rings (SSSR count). The zero-order chi connectivity index (χ0) is 24.9. The summed E-state index contributed by atoms with van der Waals surface area (Å²) in [7, 11) is 0. The van der Waals surface area contributed by atoms with Gasteiger partial charge in [-0.2, -0.15) is 5.10 Å². The van der Waals surface area contributed by atoms with E-state index < -0.39 is 17.6 Å². The monoisotopic (exact) mass is 494 g/mol. The van der Waals surface area contributed by atoms with Crippen LogP contribution in [0.3, 0.4) is 0 Å². The maximum absolute atomic E-state index is 14.3. The van der Waals surface area contributed by atoms with Crippen LogP contribution in [0.25, 0.3) is 16.9 Å². The van der Waals surface area contributed by atoms with Crippen LogP contribution in [-0.2, 0) is 0 Å². The van der Waals surface area contributed by atoms with Crippen molar-refractivity contribution in [1.82, 2.24) is 20.1 Å². The number of hydrogen-bond donors (Lipinski definition) is 4. The van der Waals surface area contributed by atoms with Crippen LogP contribution in [0.2, 0.25) is 5.02 Å². The summed E-state index contributed by atoms with van der Waals surface area (Å²) >= 11 is 6.28. The average molecular weight is 495 g/mol. The number of benzene rings is 2. The summed E-state index contributed by atoms with van der Waals surface area (Å²) in [5, 5.41) is 18.6. The number of nitrogens with two attached hydrogens (primary N) is 1. The minimum atomic E-state index is -0.611. The molecule has 0 aliphatic rings. The highest BCUT2D eigenvalue weighted by molar-refractivity contribution is 6.34. The lowest BCUT2D eigenvalue weighted by Gasteiger charge is -2.11. The van der Waals surface area contributed by atoms with E-state index in [1.807, 2.05) is 6.07 Å². The second kappa shape index (κ2) is 10.3. The molecule has 0 atom stereocenters. The molecule has 0 aliphatic carbocycles. The Labute approximate surface area is 204 Å². The molecule has 0 saturated carbocycles. The van der Waals surface area contributed by atoms with Gasteiger partial charge in [0, 0.05) is 18.2 Å². The number of amides is 2. The molecule has 0 unspecified atom stereocenters. The van der Waals surface area contributed by atoms with Crippen molar-refractivity contribution in [2.75, 3.05) is 24.2 Å². The SMILES string of the molecule is Nc1ccc(F)c(-c2ccc(Cl)c(C(=O)Nc3cc(C(=O)NCCO)nn3-c3ccccc3)c2)n1. The predicted octanol–water partition coefficient (Wildman–Crippen LogP) is 3.28. The van der Waals surface area contributed by atoms with Crippen LogP contribution < -0.4 is 16.4 Å². The summed E-state index contributed by atoms with van der Waals surface area (Å²) in [6, 6.07) is 17.2. The molecule has 5 N–H and O–H groups in total. The fourth-order valence-electron chi connectivity index (χ4n) is 3.30. The lowest BCUT2D eigenvalue weighted by molar-refractivity contribution is 0.0938. The van der Waals surface area contributed by atoms with E-state index in [0.29, 0.717) is 11.3 Å². The number of nitrogens with one attached hydrogen (secondary N) is 2.